The van der Waals surface area contributed by atoms with Crippen LogP contribution in [0.5, 0.6) is 11.5 Å². The van der Waals surface area contributed by atoms with Crippen molar-refractivity contribution in [2.75, 3.05) is 24.1 Å². The van der Waals surface area contributed by atoms with Gasteiger partial charge in [0.25, 0.3) is 11.8 Å². The van der Waals surface area contributed by atoms with Crippen molar-refractivity contribution in [3.63, 3.8) is 0 Å². The van der Waals surface area contributed by atoms with Crippen molar-refractivity contribution < 1.29 is 19.1 Å². The minimum Gasteiger partial charge on any atom is -0.493 e. The summed E-state index contributed by atoms with van der Waals surface area (Å²) < 4.78 is 10.5. The number of benzene rings is 2. The summed E-state index contributed by atoms with van der Waals surface area (Å²) in [6.07, 6.45) is 0. The smallest absolute Gasteiger partial charge is 0.263 e. The third kappa shape index (κ3) is 2.68. The number of anilines is 2. The van der Waals surface area contributed by atoms with Crippen molar-refractivity contribution in [2.24, 2.45) is 10.3 Å². The van der Waals surface area contributed by atoms with Crippen LogP contribution in [0.2, 0.25) is 5.02 Å². The van der Waals surface area contributed by atoms with Gasteiger partial charge in [0.2, 0.25) is 0 Å². The second kappa shape index (κ2) is 6.79. The highest BCUT2D eigenvalue weighted by molar-refractivity contribution is 6.32. The number of rotatable bonds is 4. The first-order chi connectivity index (χ1) is 13.5. The first-order valence-corrected chi connectivity index (χ1v) is 8.90. The SMILES string of the molecule is COc1ccc(N2N=NC3C(=O)N(c4ccc(C)c(Cl)c4)C(=O)C32)cc1OC. The van der Waals surface area contributed by atoms with Crippen LogP contribution in [0.1, 0.15) is 5.56 Å². The summed E-state index contributed by atoms with van der Waals surface area (Å²) in [4.78, 5) is 27.0. The van der Waals surface area contributed by atoms with E-state index in [0.717, 1.165) is 10.5 Å². The number of amides is 2. The summed E-state index contributed by atoms with van der Waals surface area (Å²) in [5.74, 6) is 0.192. The van der Waals surface area contributed by atoms with E-state index in [4.69, 9.17) is 21.1 Å². The molecule has 2 atom stereocenters. The molecule has 2 aliphatic rings. The molecule has 2 aromatic rings. The zero-order valence-electron chi connectivity index (χ0n) is 15.4. The number of hydrogen-bond donors (Lipinski definition) is 0. The zero-order valence-corrected chi connectivity index (χ0v) is 16.2. The molecule has 4 rings (SSSR count). The minimum absolute atomic E-state index is 0.408. The van der Waals surface area contributed by atoms with E-state index in [-0.39, 0.29) is 0 Å². The van der Waals surface area contributed by atoms with Crippen LogP contribution in [0.15, 0.2) is 46.7 Å². The third-order valence-electron chi connectivity index (χ3n) is 4.83. The quantitative estimate of drug-likeness (QED) is 0.736. The molecule has 0 radical (unpaired) electrons. The second-order valence-electron chi connectivity index (χ2n) is 6.42. The van der Waals surface area contributed by atoms with Gasteiger partial charge < -0.3 is 9.47 Å². The van der Waals surface area contributed by atoms with Crippen molar-refractivity contribution >= 4 is 34.8 Å². The van der Waals surface area contributed by atoms with Crippen molar-refractivity contribution in [1.29, 1.82) is 0 Å². The standard InChI is InChI=1S/C19H17ClN4O4/c1-10-4-5-11(8-13(10)20)23-18(25)16-17(19(23)26)24(22-21-16)12-6-7-14(27-2)15(9-12)28-3/h4-9,16-17H,1-3H3. The molecule has 0 saturated carbocycles. The van der Waals surface area contributed by atoms with Gasteiger partial charge in [-0.3, -0.25) is 9.59 Å². The monoisotopic (exact) mass is 400 g/mol. The van der Waals surface area contributed by atoms with E-state index in [0.29, 0.717) is 27.9 Å². The predicted octanol–water partition coefficient (Wildman–Crippen LogP) is 3.16. The van der Waals surface area contributed by atoms with Gasteiger partial charge in [0.1, 0.15) is 0 Å². The Morgan fingerprint density at radius 1 is 0.964 bits per heavy atom. The van der Waals surface area contributed by atoms with Gasteiger partial charge >= 0.3 is 0 Å². The Bertz CT molecular complexity index is 1010. The second-order valence-corrected chi connectivity index (χ2v) is 6.83. The molecule has 0 spiro atoms. The lowest BCUT2D eigenvalue weighted by atomic mass is 10.1. The topological polar surface area (TPSA) is 83.8 Å². The largest absolute Gasteiger partial charge is 0.493 e. The molecule has 0 aromatic heterocycles. The Kier molecular flexibility index (Phi) is 4.43. The van der Waals surface area contributed by atoms with E-state index in [9.17, 15) is 9.59 Å². The maximum Gasteiger partial charge on any atom is 0.263 e. The Balaban J connectivity index is 1.69. The maximum atomic E-state index is 13.1. The van der Waals surface area contributed by atoms with E-state index >= 15 is 0 Å². The summed E-state index contributed by atoms with van der Waals surface area (Å²) in [6, 6.07) is 8.42. The number of nitrogens with zero attached hydrogens (tertiary/aromatic N) is 4. The molecule has 2 unspecified atom stereocenters. The van der Waals surface area contributed by atoms with Crippen molar-refractivity contribution in [1.82, 2.24) is 0 Å². The van der Waals surface area contributed by atoms with Crippen LogP contribution < -0.4 is 19.4 Å². The van der Waals surface area contributed by atoms with Gasteiger partial charge in [-0.25, -0.2) is 9.91 Å². The van der Waals surface area contributed by atoms with E-state index in [1.165, 1.54) is 19.2 Å². The summed E-state index contributed by atoms with van der Waals surface area (Å²) in [7, 11) is 3.05. The van der Waals surface area contributed by atoms with Gasteiger partial charge in [-0.2, -0.15) is 5.11 Å². The van der Waals surface area contributed by atoms with Crippen molar-refractivity contribution in [2.45, 2.75) is 19.0 Å². The van der Waals surface area contributed by atoms with Crippen LogP contribution in [-0.2, 0) is 9.59 Å². The molecule has 0 aliphatic carbocycles. The number of fused-ring (bicyclic) bond motifs is 1. The number of carbonyl (C=O) groups excluding carboxylic acids is 2. The van der Waals surface area contributed by atoms with Gasteiger partial charge in [-0.05, 0) is 36.8 Å². The highest BCUT2D eigenvalue weighted by Crippen LogP contribution is 2.38. The lowest BCUT2D eigenvalue weighted by Gasteiger charge is -2.21. The molecule has 2 aromatic carbocycles. The Morgan fingerprint density at radius 3 is 2.36 bits per heavy atom. The minimum atomic E-state index is -0.902. The van der Waals surface area contributed by atoms with Gasteiger partial charge in [0, 0.05) is 11.1 Å². The molecule has 2 amide bonds. The number of carbonyl (C=O) groups is 2. The summed E-state index contributed by atoms with van der Waals surface area (Å²) in [5, 5.41) is 10.00. The van der Waals surface area contributed by atoms with E-state index < -0.39 is 23.9 Å². The lowest BCUT2D eigenvalue weighted by molar-refractivity contribution is -0.121. The fraction of sp³-hybridized carbons (Fsp3) is 0.263. The average Bonchev–Trinajstić information content (AvgIpc) is 3.24. The van der Waals surface area contributed by atoms with Crippen LogP contribution in [0.4, 0.5) is 11.4 Å². The van der Waals surface area contributed by atoms with Gasteiger partial charge in [0.05, 0.1) is 25.6 Å². The van der Waals surface area contributed by atoms with E-state index in [2.05, 4.69) is 10.3 Å². The molecule has 9 heteroatoms. The number of methoxy groups -OCH3 is 2. The molecular formula is C19H17ClN4O4. The average molecular weight is 401 g/mol. The van der Waals surface area contributed by atoms with Crippen LogP contribution >= 0.6 is 11.6 Å². The zero-order chi connectivity index (χ0) is 20.0. The molecule has 1 fully saturated rings. The van der Waals surface area contributed by atoms with E-state index in [1.807, 2.05) is 6.92 Å². The molecule has 2 heterocycles. The third-order valence-corrected chi connectivity index (χ3v) is 5.23. The highest BCUT2D eigenvalue weighted by atomic mass is 35.5. The van der Waals surface area contributed by atoms with Gasteiger partial charge in [-0.15, -0.1) is 0 Å². The summed E-state index contributed by atoms with van der Waals surface area (Å²) in [5.41, 5.74) is 1.85. The summed E-state index contributed by atoms with van der Waals surface area (Å²) in [6.45, 7) is 1.85. The van der Waals surface area contributed by atoms with Crippen LogP contribution in [0.25, 0.3) is 0 Å². The Labute approximate surface area is 166 Å². The molecule has 0 bridgehead atoms. The number of halogens is 1. The Morgan fingerprint density at radius 2 is 1.68 bits per heavy atom. The lowest BCUT2D eigenvalue weighted by Crippen LogP contribution is -2.39. The van der Waals surface area contributed by atoms with Crippen molar-refractivity contribution in [3.8, 4) is 11.5 Å². The maximum absolute atomic E-state index is 13.1. The van der Waals surface area contributed by atoms with Crippen molar-refractivity contribution in [3.05, 3.63) is 47.0 Å². The molecule has 2 aliphatic heterocycles. The normalized spacial score (nSPS) is 20.7. The summed E-state index contributed by atoms with van der Waals surface area (Å²) >= 11 is 6.17. The van der Waals surface area contributed by atoms with Crippen LogP contribution in [0.3, 0.4) is 0 Å². The molecule has 8 nitrogen and oxygen atoms in total. The predicted molar refractivity (Wildman–Crippen MR) is 103 cm³/mol. The number of aryl methyl sites for hydroxylation is 1. The molecule has 1 saturated heterocycles. The van der Waals surface area contributed by atoms with Gasteiger partial charge in [0.15, 0.2) is 23.6 Å². The van der Waals surface area contributed by atoms with Crippen LogP contribution in [0, 0.1) is 6.92 Å². The first kappa shape index (κ1) is 18.2. The number of hydrogen-bond acceptors (Lipinski definition) is 7. The highest BCUT2D eigenvalue weighted by Gasteiger charge is 2.55. The van der Waals surface area contributed by atoms with Gasteiger partial charge in [-0.1, -0.05) is 22.9 Å². The number of imide groups is 1. The van der Waals surface area contributed by atoms with Crippen LogP contribution in [-0.4, -0.2) is 38.1 Å². The molecule has 144 valence electrons. The fourth-order valence-electron chi connectivity index (χ4n) is 3.32. The van der Waals surface area contributed by atoms with E-state index in [1.54, 1.807) is 36.4 Å². The molecular weight excluding hydrogens is 384 g/mol. The first-order valence-electron chi connectivity index (χ1n) is 8.52. The molecule has 28 heavy (non-hydrogen) atoms. The fourth-order valence-corrected chi connectivity index (χ4v) is 3.49. The Hall–Kier alpha value is -3.13. The molecule has 0 N–H and O–H groups in total. The number of ether oxygens (including phenoxy) is 2.